The van der Waals surface area contributed by atoms with E-state index >= 15 is 0 Å². The van der Waals surface area contributed by atoms with Crippen LogP contribution in [0.1, 0.15) is 31.2 Å². The zero-order valence-corrected chi connectivity index (χ0v) is 13.2. The van der Waals surface area contributed by atoms with Crippen LogP contribution in [0.5, 0.6) is 0 Å². The first kappa shape index (κ1) is 18.0. The molecule has 0 aromatic heterocycles. The van der Waals surface area contributed by atoms with Crippen molar-refractivity contribution in [3.05, 3.63) is 34.9 Å². The van der Waals surface area contributed by atoms with E-state index in [2.05, 4.69) is 5.32 Å². The second-order valence-electron chi connectivity index (χ2n) is 5.01. The van der Waals surface area contributed by atoms with Crippen LogP contribution in [0.3, 0.4) is 0 Å². The zero-order chi connectivity index (χ0) is 15.5. The molecule has 0 saturated carbocycles. The van der Waals surface area contributed by atoms with E-state index < -0.39 is 0 Å². The highest BCUT2D eigenvalue weighted by Gasteiger charge is 2.09. The summed E-state index contributed by atoms with van der Waals surface area (Å²) in [4.78, 5) is 11.4. The molecule has 0 saturated heterocycles. The van der Waals surface area contributed by atoms with E-state index in [9.17, 15) is 4.79 Å². The monoisotopic (exact) mass is 313 g/mol. The van der Waals surface area contributed by atoms with Gasteiger partial charge in [0.1, 0.15) is 0 Å². The predicted octanol–water partition coefficient (Wildman–Crippen LogP) is 2.57. The molecular formula is C16H24ClNO3. The summed E-state index contributed by atoms with van der Waals surface area (Å²) < 4.78 is 5.00. The third kappa shape index (κ3) is 8.05. The van der Waals surface area contributed by atoms with Gasteiger partial charge in [-0.15, -0.1) is 0 Å². The maximum Gasteiger partial charge on any atom is 0.305 e. The number of ether oxygens (including phenoxy) is 1. The largest absolute Gasteiger partial charge is 0.466 e. The van der Waals surface area contributed by atoms with Crippen LogP contribution in [0.4, 0.5) is 0 Å². The second-order valence-corrected chi connectivity index (χ2v) is 5.44. The summed E-state index contributed by atoms with van der Waals surface area (Å²) in [5, 5.41) is 12.6. The molecule has 0 fully saturated rings. The van der Waals surface area contributed by atoms with Gasteiger partial charge in [0.25, 0.3) is 0 Å². The molecular weight excluding hydrogens is 290 g/mol. The van der Waals surface area contributed by atoms with Crippen molar-refractivity contribution in [2.45, 2.75) is 38.1 Å². The Kier molecular flexibility index (Phi) is 9.06. The van der Waals surface area contributed by atoms with Gasteiger partial charge in [0.05, 0.1) is 6.61 Å². The highest BCUT2D eigenvalue weighted by Crippen LogP contribution is 2.13. The number of carbonyl (C=O) groups is 1. The van der Waals surface area contributed by atoms with Crippen molar-refractivity contribution in [1.82, 2.24) is 5.32 Å². The predicted molar refractivity (Wildman–Crippen MR) is 84.5 cm³/mol. The number of hydrogen-bond acceptors (Lipinski definition) is 4. The molecule has 2 N–H and O–H groups in total. The molecule has 0 radical (unpaired) electrons. The number of nitrogens with one attached hydrogen (secondary N) is 1. The quantitative estimate of drug-likeness (QED) is 0.515. The summed E-state index contributed by atoms with van der Waals surface area (Å²) in [5.74, 6) is -0.190. The minimum Gasteiger partial charge on any atom is -0.466 e. The number of hydrogen-bond donors (Lipinski definition) is 2. The van der Waals surface area contributed by atoms with Crippen LogP contribution in [-0.2, 0) is 16.0 Å². The van der Waals surface area contributed by atoms with Crippen molar-refractivity contribution in [2.24, 2.45) is 0 Å². The topological polar surface area (TPSA) is 58.6 Å². The normalized spacial score (nSPS) is 12.1. The molecule has 1 atom stereocenters. The van der Waals surface area contributed by atoms with E-state index in [1.807, 2.05) is 31.3 Å². The summed E-state index contributed by atoms with van der Waals surface area (Å²) in [6.07, 6.45) is 3.53. The van der Waals surface area contributed by atoms with E-state index in [1.54, 1.807) is 0 Å². The van der Waals surface area contributed by atoms with Crippen LogP contribution in [0, 0.1) is 0 Å². The Morgan fingerprint density at radius 3 is 2.67 bits per heavy atom. The van der Waals surface area contributed by atoms with Crippen molar-refractivity contribution < 1.29 is 14.6 Å². The lowest BCUT2D eigenvalue weighted by molar-refractivity contribution is -0.144. The highest BCUT2D eigenvalue weighted by molar-refractivity contribution is 6.30. The van der Waals surface area contributed by atoms with Gasteiger partial charge in [-0.2, -0.15) is 0 Å². The van der Waals surface area contributed by atoms with Gasteiger partial charge < -0.3 is 15.2 Å². The Balaban J connectivity index is 2.24. The molecule has 4 nitrogen and oxygen atoms in total. The molecule has 1 rings (SSSR count). The van der Waals surface area contributed by atoms with Gasteiger partial charge in [-0.05, 0) is 44.0 Å². The summed E-state index contributed by atoms with van der Waals surface area (Å²) >= 11 is 5.87. The van der Waals surface area contributed by atoms with Crippen molar-refractivity contribution in [1.29, 1.82) is 0 Å². The lowest BCUT2D eigenvalue weighted by atomic mass is 10.0. The molecule has 0 aliphatic carbocycles. The Morgan fingerprint density at radius 2 is 2.05 bits per heavy atom. The number of benzene rings is 1. The smallest absolute Gasteiger partial charge is 0.305 e. The van der Waals surface area contributed by atoms with Gasteiger partial charge in [-0.25, -0.2) is 0 Å². The molecule has 1 aromatic carbocycles. The van der Waals surface area contributed by atoms with Crippen LogP contribution < -0.4 is 5.32 Å². The fourth-order valence-corrected chi connectivity index (χ4v) is 2.19. The average molecular weight is 314 g/mol. The maximum absolute atomic E-state index is 11.4. The Hall–Kier alpha value is -1.10. The van der Waals surface area contributed by atoms with E-state index in [4.69, 9.17) is 21.4 Å². The van der Waals surface area contributed by atoms with E-state index in [-0.39, 0.29) is 12.6 Å². The van der Waals surface area contributed by atoms with Crippen molar-refractivity contribution in [2.75, 3.05) is 20.3 Å². The number of aliphatic hydroxyl groups is 1. The molecule has 0 aliphatic rings. The fourth-order valence-electron chi connectivity index (χ4n) is 2.07. The van der Waals surface area contributed by atoms with E-state index in [1.165, 1.54) is 5.56 Å². The van der Waals surface area contributed by atoms with E-state index in [0.717, 1.165) is 24.3 Å². The van der Waals surface area contributed by atoms with Gasteiger partial charge in [0.2, 0.25) is 0 Å². The van der Waals surface area contributed by atoms with Gasteiger partial charge in [-0.3, -0.25) is 4.79 Å². The van der Waals surface area contributed by atoms with Crippen LogP contribution in [0.15, 0.2) is 24.3 Å². The SMILES string of the molecule is CNC(CCCC(=O)OCCCO)Cc1ccc(Cl)cc1. The van der Waals surface area contributed by atoms with Crippen LogP contribution in [0.25, 0.3) is 0 Å². The number of esters is 1. The average Bonchev–Trinajstić information content (AvgIpc) is 2.48. The number of aliphatic hydroxyl groups excluding tert-OH is 1. The summed E-state index contributed by atoms with van der Waals surface area (Å²) in [5.41, 5.74) is 1.23. The van der Waals surface area contributed by atoms with Crippen LogP contribution in [-0.4, -0.2) is 37.4 Å². The first-order valence-electron chi connectivity index (χ1n) is 7.34. The third-order valence-corrected chi connectivity index (χ3v) is 3.55. The minimum atomic E-state index is -0.190. The molecule has 21 heavy (non-hydrogen) atoms. The molecule has 0 bridgehead atoms. The Bertz CT molecular complexity index is 408. The van der Waals surface area contributed by atoms with Gasteiger partial charge in [0.15, 0.2) is 0 Å². The lowest BCUT2D eigenvalue weighted by Crippen LogP contribution is -2.27. The molecule has 1 unspecified atom stereocenters. The van der Waals surface area contributed by atoms with Crippen LogP contribution >= 0.6 is 11.6 Å². The maximum atomic E-state index is 11.4. The number of halogens is 1. The molecule has 1 aromatic rings. The standard InChI is InChI=1S/C16H24ClNO3/c1-18-15(12-13-6-8-14(17)9-7-13)4-2-5-16(20)21-11-3-10-19/h6-9,15,18-19H,2-5,10-12H2,1H3. The summed E-state index contributed by atoms with van der Waals surface area (Å²) in [7, 11) is 1.93. The first-order valence-corrected chi connectivity index (χ1v) is 7.71. The van der Waals surface area contributed by atoms with Crippen molar-refractivity contribution >= 4 is 17.6 Å². The second kappa shape index (κ2) is 10.6. The zero-order valence-electron chi connectivity index (χ0n) is 12.5. The first-order chi connectivity index (χ1) is 10.2. The van der Waals surface area contributed by atoms with Gasteiger partial charge in [0, 0.05) is 30.5 Å². The number of carbonyl (C=O) groups excluding carboxylic acids is 1. The molecule has 5 heteroatoms. The fraction of sp³-hybridized carbons (Fsp3) is 0.562. The van der Waals surface area contributed by atoms with Crippen molar-refractivity contribution in [3.63, 3.8) is 0 Å². The molecule has 0 spiro atoms. The highest BCUT2D eigenvalue weighted by atomic mass is 35.5. The molecule has 0 aliphatic heterocycles. The molecule has 0 amide bonds. The summed E-state index contributed by atoms with van der Waals surface area (Å²) in [6, 6.07) is 8.16. The third-order valence-electron chi connectivity index (χ3n) is 3.30. The van der Waals surface area contributed by atoms with E-state index in [0.29, 0.717) is 25.5 Å². The minimum absolute atomic E-state index is 0.0518. The molecule has 0 heterocycles. The van der Waals surface area contributed by atoms with Crippen LogP contribution in [0.2, 0.25) is 5.02 Å². The number of likely N-dealkylation sites (N-methyl/N-ethyl adjacent to an activating group) is 1. The Morgan fingerprint density at radius 1 is 1.33 bits per heavy atom. The Labute approximate surface area is 131 Å². The van der Waals surface area contributed by atoms with Crippen molar-refractivity contribution in [3.8, 4) is 0 Å². The lowest BCUT2D eigenvalue weighted by Gasteiger charge is -2.16. The molecule has 118 valence electrons. The number of rotatable bonds is 10. The van der Waals surface area contributed by atoms with Gasteiger partial charge >= 0.3 is 5.97 Å². The van der Waals surface area contributed by atoms with Gasteiger partial charge in [-0.1, -0.05) is 23.7 Å². The summed E-state index contributed by atoms with van der Waals surface area (Å²) in [6.45, 7) is 0.353.